The molecule has 2 aromatic rings. The quantitative estimate of drug-likeness (QED) is 0.845. The van der Waals surface area contributed by atoms with Crippen LogP contribution in [0.4, 0.5) is 0 Å². The molecule has 1 aromatic carbocycles. The standard InChI is InChI=1S/C12H11BrN2O/c1-9-5-12(16)15(14-7-9)8-10-3-2-4-11(13)6-10/h2-7H,8H2,1H3. The van der Waals surface area contributed by atoms with Crippen LogP contribution in [0, 0.1) is 6.92 Å². The molecule has 0 radical (unpaired) electrons. The van der Waals surface area contributed by atoms with Gasteiger partial charge in [0, 0.05) is 10.5 Å². The molecule has 0 fully saturated rings. The number of benzene rings is 1. The maximum atomic E-state index is 11.6. The molecule has 16 heavy (non-hydrogen) atoms. The number of aromatic nitrogens is 2. The predicted molar refractivity (Wildman–Crippen MR) is 66.5 cm³/mol. The highest BCUT2D eigenvalue weighted by molar-refractivity contribution is 9.10. The van der Waals surface area contributed by atoms with E-state index in [1.165, 1.54) is 4.68 Å². The largest absolute Gasteiger partial charge is 0.268 e. The minimum absolute atomic E-state index is 0.0695. The number of hydrogen-bond acceptors (Lipinski definition) is 2. The number of aryl methyl sites for hydroxylation is 1. The molecule has 3 nitrogen and oxygen atoms in total. The van der Waals surface area contributed by atoms with E-state index in [1.54, 1.807) is 12.3 Å². The topological polar surface area (TPSA) is 34.9 Å². The van der Waals surface area contributed by atoms with Crippen LogP contribution in [0.25, 0.3) is 0 Å². The Morgan fingerprint density at radius 2 is 2.19 bits per heavy atom. The normalized spacial score (nSPS) is 10.4. The van der Waals surface area contributed by atoms with Crippen LogP contribution in [0.2, 0.25) is 0 Å². The van der Waals surface area contributed by atoms with Crippen LogP contribution in [0.5, 0.6) is 0 Å². The van der Waals surface area contributed by atoms with Crippen molar-refractivity contribution in [3.63, 3.8) is 0 Å². The Morgan fingerprint density at radius 1 is 1.38 bits per heavy atom. The molecule has 0 atom stereocenters. The van der Waals surface area contributed by atoms with E-state index in [1.807, 2.05) is 31.2 Å². The Labute approximate surface area is 102 Å². The highest BCUT2D eigenvalue weighted by Gasteiger charge is 1.99. The molecule has 0 aliphatic heterocycles. The second-order valence-electron chi connectivity index (χ2n) is 3.66. The molecule has 82 valence electrons. The van der Waals surface area contributed by atoms with Crippen molar-refractivity contribution in [1.29, 1.82) is 0 Å². The summed E-state index contributed by atoms with van der Waals surface area (Å²) in [5, 5.41) is 4.09. The van der Waals surface area contributed by atoms with Gasteiger partial charge in [0.15, 0.2) is 0 Å². The van der Waals surface area contributed by atoms with Crippen LogP contribution in [0.15, 0.2) is 45.8 Å². The minimum Gasteiger partial charge on any atom is -0.268 e. The van der Waals surface area contributed by atoms with E-state index in [2.05, 4.69) is 21.0 Å². The summed E-state index contributed by atoms with van der Waals surface area (Å²) >= 11 is 3.40. The van der Waals surface area contributed by atoms with Crippen molar-refractivity contribution in [2.75, 3.05) is 0 Å². The summed E-state index contributed by atoms with van der Waals surface area (Å²) in [5.74, 6) is 0. The molecule has 1 aromatic heterocycles. The third kappa shape index (κ3) is 2.58. The van der Waals surface area contributed by atoms with E-state index in [4.69, 9.17) is 0 Å². The second-order valence-corrected chi connectivity index (χ2v) is 4.57. The molecule has 0 bridgehead atoms. The lowest BCUT2D eigenvalue weighted by Crippen LogP contribution is -2.22. The Bertz CT molecular complexity index is 563. The maximum absolute atomic E-state index is 11.6. The molecule has 0 saturated heterocycles. The third-order valence-corrected chi connectivity index (χ3v) is 2.72. The summed E-state index contributed by atoms with van der Waals surface area (Å²) in [4.78, 5) is 11.6. The first-order valence-electron chi connectivity index (χ1n) is 4.93. The van der Waals surface area contributed by atoms with Crippen molar-refractivity contribution in [2.24, 2.45) is 0 Å². The predicted octanol–water partition coefficient (Wildman–Crippen LogP) is 2.36. The Kier molecular flexibility index (Phi) is 3.19. The van der Waals surface area contributed by atoms with Crippen molar-refractivity contribution in [2.45, 2.75) is 13.5 Å². The van der Waals surface area contributed by atoms with Gasteiger partial charge in [0.1, 0.15) is 0 Å². The van der Waals surface area contributed by atoms with Crippen LogP contribution in [-0.2, 0) is 6.54 Å². The van der Waals surface area contributed by atoms with Gasteiger partial charge < -0.3 is 0 Å². The molecule has 0 saturated carbocycles. The number of halogens is 1. The van der Waals surface area contributed by atoms with E-state index in [0.717, 1.165) is 15.6 Å². The zero-order chi connectivity index (χ0) is 11.5. The van der Waals surface area contributed by atoms with E-state index < -0.39 is 0 Å². The zero-order valence-electron chi connectivity index (χ0n) is 8.85. The van der Waals surface area contributed by atoms with Crippen LogP contribution in [0.3, 0.4) is 0 Å². The first kappa shape index (κ1) is 11.1. The molecule has 0 spiro atoms. The fraction of sp³-hybridized carbons (Fsp3) is 0.167. The lowest BCUT2D eigenvalue weighted by atomic mass is 10.2. The first-order valence-corrected chi connectivity index (χ1v) is 5.73. The van der Waals surface area contributed by atoms with Gasteiger partial charge in [0.25, 0.3) is 5.56 Å². The van der Waals surface area contributed by atoms with Crippen molar-refractivity contribution >= 4 is 15.9 Å². The van der Waals surface area contributed by atoms with Crippen LogP contribution in [0.1, 0.15) is 11.1 Å². The molecular weight excluding hydrogens is 268 g/mol. The summed E-state index contributed by atoms with van der Waals surface area (Å²) < 4.78 is 2.46. The van der Waals surface area contributed by atoms with Crippen molar-refractivity contribution in [1.82, 2.24) is 9.78 Å². The van der Waals surface area contributed by atoms with Gasteiger partial charge in [-0.3, -0.25) is 4.79 Å². The highest BCUT2D eigenvalue weighted by atomic mass is 79.9. The highest BCUT2D eigenvalue weighted by Crippen LogP contribution is 2.11. The van der Waals surface area contributed by atoms with E-state index in [0.29, 0.717) is 6.54 Å². The zero-order valence-corrected chi connectivity index (χ0v) is 10.4. The smallest absolute Gasteiger partial charge is 0.267 e. The average Bonchev–Trinajstić information content (AvgIpc) is 2.22. The van der Waals surface area contributed by atoms with Crippen LogP contribution < -0.4 is 5.56 Å². The van der Waals surface area contributed by atoms with E-state index >= 15 is 0 Å². The van der Waals surface area contributed by atoms with E-state index in [-0.39, 0.29) is 5.56 Å². The van der Waals surface area contributed by atoms with Crippen LogP contribution >= 0.6 is 15.9 Å². The van der Waals surface area contributed by atoms with Crippen molar-refractivity contribution in [3.05, 3.63) is 62.5 Å². The lowest BCUT2D eigenvalue weighted by molar-refractivity contribution is 0.636. The van der Waals surface area contributed by atoms with Crippen molar-refractivity contribution < 1.29 is 0 Å². The maximum Gasteiger partial charge on any atom is 0.267 e. The molecule has 1 heterocycles. The monoisotopic (exact) mass is 278 g/mol. The Hall–Kier alpha value is -1.42. The number of hydrogen-bond donors (Lipinski definition) is 0. The molecule has 0 unspecified atom stereocenters. The molecule has 0 amide bonds. The third-order valence-electron chi connectivity index (χ3n) is 2.23. The van der Waals surface area contributed by atoms with Gasteiger partial charge in [0.2, 0.25) is 0 Å². The Morgan fingerprint density at radius 3 is 2.88 bits per heavy atom. The second kappa shape index (κ2) is 4.61. The summed E-state index contributed by atoms with van der Waals surface area (Å²) in [7, 11) is 0. The van der Waals surface area contributed by atoms with Gasteiger partial charge in [-0.25, -0.2) is 4.68 Å². The number of nitrogens with zero attached hydrogens (tertiary/aromatic N) is 2. The molecule has 4 heteroatoms. The molecule has 0 N–H and O–H groups in total. The molecular formula is C12H11BrN2O. The summed E-state index contributed by atoms with van der Waals surface area (Å²) in [6, 6.07) is 9.44. The SMILES string of the molecule is Cc1cnn(Cc2cccc(Br)c2)c(=O)c1. The molecule has 0 aliphatic rings. The summed E-state index contributed by atoms with van der Waals surface area (Å²) in [5.41, 5.74) is 1.86. The fourth-order valence-electron chi connectivity index (χ4n) is 1.45. The van der Waals surface area contributed by atoms with Gasteiger partial charge >= 0.3 is 0 Å². The summed E-state index contributed by atoms with van der Waals surface area (Å²) in [6.45, 7) is 2.36. The number of rotatable bonds is 2. The Balaban J connectivity index is 2.31. The fourth-order valence-corrected chi connectivity index (χ4v) is 1.90. The van der Waals surface area contributed by atoms with E-state index in [9.17, 15) is 4.79 Å². The molecule has 0 aliphatic carbocycles. The van der Waals surface area contributed by atoms with Gasteiger partial charge in [-0.2, -0.15) is 5.10 Å². The lowest BCUT2D eigenvalue weighted by Gasteiger charge is -2.04. The average molecular weight is 279 g/mol. The molecule has 2 rings (SSSR count). The summed E-state index contributed by atoms with van der Waals surface area (Å²) in [6.07, 6.45) is 1.69. The first-order chi connectivity index (χ1) is 7.65. The van der Waals surface area contributed by atoms with Gasteiger partial charge in [-0.15, -0.1) is 0 Å². The van der Waals surface area contributed by atoms with Gasteiger partial charge in [-0.05, 0) is 30.2 Å². The van der Waals surface area contributed by atoms with Crippen molar-refractivity contribution in [3.8, 4) is 0 Å². The minimum atomic E-state index is -0.0695. The van der Waals surface area contributed by atoms with Crippen LogP contribution in [-0.4, -0.2) is 9.78 Å². The van der Waals surface area contributed by atoms with Gasteiger partial charge in [0.05, 0.1) is 12.7 Å². The van der Waals surface area contributed by atoms with Gasteiger partial charge in [-0.1, -0.05) is 28.1 Å².